The number of aryl methyl sites for hydroxylation is 1. The fourth-order valence-corrected chi connectivity index (χ4v) is 1.80. The first kappa shape index (κ1) is 13.0. The number of carbonyl (C=O) groups is 1. The van der Waals surface area contributed by atoms with Gasteiger partial charge in [-0.25, -0.2) is 0 Å². The minimum atomic E-state index is -0.217. The van der Waals surface area contributed by atoms with Crippen molar-refractivity contribution in [3.05, 3.63) is 53.6 Å². The van der Waals surface area contributed by atoms with Crippen LogP contribution >= 0.6 is 0 Å². The highest BCUT2D eigenvalue weighted by Crippen LogP contribution is 2.20. The van der Waals surface area contributed by atoms with Crippen molar-refractivity contribution in [1.82, 2.24) is 0 Å². The number of anilines is 1. The molecule has 2 N–H and O–H groups in total. The first-order valence-electron chi connectivity index (χ1n) is 5.85. The summed E-state index contributed by atoms with van der Waals surface area (Å²) in [5, 5.41) is 12.1. The van der Waals surface area contributed by atoms with E-state index in [4.69, 9.17) is 4.74 Å². The predicted molar refractivity (Wildman–Crippen MR) is 73.8 cm³/mol. The van der Waals surface area contributed by atoms with Crippen molar-refractivity contribution >= 4 is 11.6 Å². The molecule has 0 unspecified atom stereocenters. The topological polar surface area (TPSA) is 58.6 Å². The Morgan fingerprint density at radius 3 is 2.63 bits per heavy atom. The second-order valence-electron chi connectivity index (χ2n) is 4.19. The van der Waals surface area contributed by atoms with Gasteiger partial charge in [-0.2, -0.15) is 0 Å². The number of nitrogens with one attached hydrogen (secondary N) is 1. The van der Waals surface area contributed by atoms with Gasteiger partial charge in [-0.1, -0.05) is 6.07 Å². The Hall–Kier alpha value is -2.49. The summed E-state index contributed by atoms with van der Waals surface area (Å²) in [7, 11) is 1.58. The molecule has 4 heteroatoms. The van der Waals surface area contributed by atoms with E-state index in [0.29, 0.717) is 17.0 Å². The molecule has 0 spiro atoms. The number of phenolic OH excluding ortho intramolecular Hbond substituents is 1. The number of carbonyl (C=O) groups excluding carboxylic acids is 1. The smallest absolute Gasteiger partial charge is 0.255 e. The second-order valence-corrected chi connectivity index (χ2v) is 4.19. The highest BCUT2D eigenvalue weighted by atomic mass is 16.5. The monoisotopic (exact) mass is 257 g/mol. The Kier molecular flexibility index (Phi) is 3.71. The van der Waals surface area contributed by atoms with Gasteiger partial charge in [0.1, 0.15) is 11.5 Å². The number of rotatable bonds is 3. The van der Waals surface area contributed by atoms with Crippen LogP contribution in [0, 0.1) is 6.92 Å². The molecule has 1 amide bonds. The zero-order valence-electron chi connectivity index (χ0n) is 10.8. The molecule has 98 valence electrons. The van der Waals surface area contributed by atoms with Crippen molar-refractivity contribution in [3.63, 3.8) is 0 Å². The van der Waals surface area contributed by atoms with Crippen molar-refractivity contribution in [2.75, 3.05) is 12.4 Å². The Labute approximate surface area is 111 Å². The van der Waals surface area contributed by atoms with E-state index in [-0.39, 0.29) is 11.7 Å². The molecule has 0 saturated heterocycles. The molecule has 2 rings (SSSR count). The van der Waals surface area contributed by atoms with Crippen molar-refractivity contribution in [1.29, 1.82) is 0 Å². The van der Waals surface area contributed by atoms with E-state index in [0.717, 1.165) is 5.56 Å². The lowest BCUT2D eigenvalue weighted by Crippen LogP contribution is -2.13. The fraction of sp³-hybridized carbons (Fsp3) is 0.133. The zero-order valence-corrected chi connectivity index (χ0v) is 10.8. The number of methoxy groups -OCH3 is 1. The first-order valence-corrected chi connectivity index (χ1v) is 5.85. The number of ether oxygens (including phenoxy) is 1. The number of benzene rings is 2. The number of amides is 1. The average Bonchev–Trinajstić information content (AvgIpc) is 2.38. The average molecular weight is 257 g/mol. The molecule has 4 nitrogen and oxygen atoms in total. The normalized spacial score (nSPS) is 10.0. The Morgan fingerprint density at radius 1 is 1.21 bits per heavy atom. The number of phenols is 1. The minimum Gasteiger partial charge on any atom is -0.508 e. The Balaban J connectivity index is 2.20. The molecule has 0 aliphatic carbocycles. The molecule has 2 aromatic rings. The van der Waals surface area contributed by atoms with Gasteiger partial charge in [-0.3, -0.25) is 4.79 Å². The van der Waals surface area contributed by atoms with Crippen LogP contribution in [0.2, 0.25) is 0 Å². The van der Waals surface area contributed by atoms with Crippen LogP contribution in [0.15, 0.2) is 42.5 Å². The third-order valence-corrected chi connectivity index (χ3v) is 2.78. The van der Waals surface area contributed by atoms with Crippen molar-refractivity contribution in [3.8, 4) is 11.5 Å². The van der Waals surface area contributed by atoms with E-state index >= 15 is 0 Å². The molecule has 0 bridgehead atoms. The van der Waals surface area contributed by atoms with Crippen LogP contribution in [-0.4, -0.2) is 18.1 Å². The van der Waals surface area contributed by atoms with E-state index in [9.17, 15) is 9.90 Å². The van der Waals surface area contributed by atoms with Gasteiger partial charge in [-0.15, -0.1) is 0 Å². The molecule has 0 heterocycles. The molecule has 0 radical (unpaired) electrons. The van der Waals surface area contributed by atoms with Crippen LogP contribution in [0.4, 0.5) is 5.69 Å². The molecule has 2 aromatic carbocycles. The Bertz CT molecular complexity index is 608. The summed E-state index contributed by atoms with van der Waals surface area (Å²) in [4.78, 5) is 12.1. The van der Waals surface area contributed by atoms with Crippen LogP contribution in [-0.2, 0) is 0 Å². The highest BCUT2D eigenvalue weighted by molar-refractivity contribution is 6.05. The lowest BCUT2D eigenvalue weighted by molar-refractivity contribution is 0.102. The van der Waals surface area contributed by atoms with Crippen LogP contribution < -0.4 is 10.1 Å². The summed E-state index contributed by atoms with van der Waals surface area (Å²) >= 11 is 0. The van der Waals surface area contributed by atoms with E-state index in [2.05, 4.69) is 5.32 Å². The van der Waals surface area contributed by atoms with Gasteiger partial charge in [0.15, 0.2) is 0 Å². The number of aromatic hydroxyl groups is 1. The lowest BCUT2D eigenvalue weighted by atomic mass is 10.1. The van der Waals surface area contributed by atoms with Crippen molar-refractivity contribution in [2.24, 2.45) is 0 Å². The number of hydrogen-bond acceptors (Lipinski definition) is 3. The number of hydrogen-bond donors (Lipinski definition) is 2. The molecule has 0 aliphatic heterocycles. The highest BCUT2D eigenvalue weighted by Gasteiger charge is 2.10. The molecular weight excluding hydrogens is 242 g/mol. The van der Waals surface area contributed by atoms with Gasteiger partial charge < -0.3 is 15.2 Å². The van der Waals surface area contributed by atoms with Gasteiger partial charge in [0.25, 0.3) is 5.91 Å². The van der Waals surface area contributed by atoms with E-state index in [1.807, 2.05) is 6.92 Å². The fourth-order valence-electron chi connectivity index (χ4n) is 1.80. The van der Waals surface area contributed by atoms with Crippen LogP contribution in [0.25, 0.3) is 0 Å². The SMILES string of the molecule is COc1ccc(C(=O)Nc2cccc(O)c2)c(C)c1. The molecule has 0 atom stereocenters. The van der Waals surface area contributed by atoms with Gasteiger partial charge >= 0.3 is 0 Å². The van der Waals surface area contributed by atoms with Crippen molar-refractivity contribution < 1.29 is 14.6 Å². The standard InChI is InChI=1S/C15H15NO3/c1-10-8-13(19-2)6-7-14(10)15(18)16-11-4-3-5-12(17)9-11/h3-9,17H,1-2H3,(H,16,18). The van der Waals surface area contributed by atoms with Gasteiger partial charge in [0.2, 0.25) is 0 Å². The Morgan fingerprint density at radius 2 is 2.00 bits per heavy atom. The van der Waals surface area contributed by atoms with Gasteiger partial charge in [0.05, 0.1) is 7.11 Å². The van der Waals surface area contributed by atoms with Gasteiger partial charge in [-0.05, 0) is 42.8 Å². The summed E-state index contributed by atoms with van der Waals surface area (Å²) in [6.07, 6.45) is 0. The van der Waals surface area contributed by atoms with Crippen LogP contribution in [0.1, 0.15) is 15.9 Å². The zero-order chi connectivity index (χ0) is 13.8. The van der Waals surface area contributed by atoms with Gasteiger partial charge in [0, 0.05) is 17.3 Å². The maximum Gasteiger partial charge on any atom is 0.255 e. The maximum absolute atomic E-state index is 12.1. The third-order valence-electron chi connectivity index (χ3n) is 2.78. The van der Waals surface area contributed by atoms with E-state index < -0.39 is 0 Å². The summed E-state index contributed by atoms with van der Waals surface area (Å²) in [5.41, 5.74) is 1.96. The second kappa shape index (κ2) is 5.44. The summed E-state index contributed by atoms with van der Waals surface area (Å²) < 4.78 is 5.10. The quantitative estimate of drug-likeness (QED) is 0.888. The largest absolute Gasteiger partial charge is 0.508 e. The van der Waals surface area contributed by atoms with Crippen LogP contribution in [0.3, 0.4) is 0 Å². The summed E-state index contributed by atoms with van der Waals surface area (Å²) in [5.74, 6) is 0.612. The molecule has 0 aromatic heterocycles. The first-order chi connectivity index (χ1) is 9.10. The van der Waals surface area contributed by atoms with Crippen molar-refractivity contribution in [2.45, 2.75) is 6.92 Å². The van der Waals surface area contributed by atoms with E-state index in [1.54, 1.807) is 43.5 Å². The lowest BCUT2D eigenvalue weighted by Gasteiger charge is -2.09. The molecule has 19 heavy (non-hydrogen) atoms. The summed E-state index contributed by atoms with van der Waals surface area (Å²) in [6, 6.07) is 11.7. The van der Waals surface area contributed by atoms with Crippen LogP contribution in [0.5, 0.6) is 11.5 Å². The third kappa shape index (κ3) is 3.04. The van der Waals surface area contributed by atoms with E-state index in [1.165, 1.54) is 6.07 Å². The molecule has 0 aliphatic rings. The molecular formula is C15H15NO3. The molecule has 0 saturated carbocycles. The predicted octanol–water partition coefficient (Wildman–Crippen LogP) is 2.96. The maximum atomic E-state index is 12.1. The minimum absolute atomic E-state index is 0.115. The summed E-state index contributed by atoms with van der Waals surface area (Å²) in [6.45, 7) is 1.85. The molecule has 0 fully saturated rings.